The molecule has 0 saturated heterocycles. The molecule has 10 nitrogen and oxygen atoms in total. The van der Waals surface area contributed by atoms with E-state index in [1.54, 1.807) is 0 Å². The fraction of sp³-hybridized carbons (Fsp3) is 0.893. The second-order valence-corrected chi connectivity index (χ2v) is 11.9. The van der Waals surface area contributed by atoms with Gasteiger partial charge in [0, 0.05) is 25.8 Å². The van der Waals surface area contributed by atoms with E-state index in [9.17, 15) is 28.9 Å². The molecule has 5 N–H and O–H groups in total. The zero-order valence-electron chi connectivity index (χ0n) is 24.0. The Bertz CT molecular complexity index is 705. The van der Waals surface area contributed by atoms with E-state index in [1.165, 1.54) is 77.0 Å². The lowest BCUT2D eigenvalue weighted by Crippen LogP contribution is -2.42. The molecule has 0 aliphatic carbocycles. The van der Waals surface area contributed by atoms with Gasteiger partial charge in [0.1, 0.15) is 11.9 Å². The van der Waals surface area contributed by atoms with E-state index >= 15 is 0 Å². The van der Waals surface area contributed by atoms with E-state index in [4.69, 9.17) is 10.2 Å². The number of nitrogens with one attached hydrogen (secondary N) is 1. The molecular formula is C28H54NO9P. The summed E-state index contributed by atoms with van der Waals surface area (Å²) >= 11 is 0. The summed E-state index contributed by atoms with van der Waals surface area (Å²) in [6.07, 6.45) is 15.2. The number of Topliss-reactive ketones (excluding diaryl/α,β-unsaturated/α-hetero) is 3. The van der Waals surface area contributed by atoms with E-state index in [0.717, 1.165) is 19.3 Å². The van der Waals surface area contributed by atoms with Crippen molar-refractivity contribution in [3.63, 3.8) is 0 Å². The smallest absolute Gasteiger partial charge is 0.395 e. The van der Waals surface area contributed by atoms with Crippen molar-refractivity contribution < 1.29 is 43.7 Å². The molecule has 0 bridgehead atoms. The van der Waals surface area contributed by atoms with Gasteiger partial charge in [0.15, 0.2) is 6.10 Å². The van der Waals surface area contributed by atoms with E-state index in [0.29, 0.717) is 6.42 Å². The third kappa shape index (κ3) is 21.4. The maximum absolute atomic E-state index is 12.4. The zero-order chi connectivity index (χ0) is 29.4. The van der Waals surface area contributed by atoms with Crippen LogP contribution in [0.2, 0.25) is 0 Å². The zero-order valence-corrected chi connectivity index (χ0v) is 24.9. The standard InChI is InChI=1S/C28H54NO9P/c1-2-3-4-5-6-7-8-9-10-11-12-13-14-15-16-18-24(32)19-17-20-25(33)27(35)28(26(34)23-31)38-39(36,37)29-21-22-30/h26,28,30-31,34H,2-23H2,1H3,(H2,29,36,37)/t26-,28?/m0/s1. The van der Waals surface area contributed by atoms with Crippen LogP contribution >= 0.6 is 7.75 Å². The Morgan fingerprint density at radius 2 is 1.21 bits per heavy atom. The average Bonchev–Trinajstić information content (AvgIpc) is 2.91. The molecule has 0 amide bonds. The number of carbonyl (C=O) groups is 3. The minimum Gasteiger partial charge on any atom is -0.395 e. The van der Waals surface area contributed by atoms with Crippen molar-refractivity contribution in [2.75, 3.05) is 19.8 Å². The van der Waals surface area contributed by atoms with Gasteiger partial charge >= 0.3 is 7.75 Å². The molecule has 0 heterocycles. The minimum absolute atomic E-state index is 0.0150. The average molecular weight is 580 g/mol. The van der Waals surface area contributed by atoms with Crippen molar-refractivity contribution in [3.8, 4) is 0 Å². The number of aliphatic hydroxyl groups is 3. The fourth-order valence-corrected chi connectivity index (χ4v) is 5.32. The number of hydrogen-bond acceptors (Lipinski definition) is 8. The first-order valence-corrected chi connectivity index (χ1v) is 16.5. The summed E-state index contributed by atoms with van der Waals surface area (Å²) in [6.45, 7) is 0.467. The fourth-order valence-electron chi connectivity index (χ4n) is 4.32. The Kier molecular flexibility index (Phi) is 24.1. The Hall–Kier alpha value is -1.00. The summed E-state index contributed by atoms with van der Waals surface area (Å²) in [6, 6.07) is 0. The predicted octanol–water partition coefficient (Wildman–Crippen LogP) is 4.55. The first-order valence-electron chi connectivity index (χ1n) is 14.9. The minimum atomic E-state index is -4.61. The number of carbonyl (C=O) groups excluding carboxylic acids is 3. The van der Waals surface area contributed by atoms with Gasteiger partial charge in [-0.1, -0.05) is 96.8 Å². The van der Waals surface area contributed by atoms with Crippen molar-refractivity contribution in [2.24, 2.45) is 0 Å². The molecule has 0 fully saturated rings. The molecule has 0 spiro atoms. The van der Waals surface area contributed by atoms with E-state index in [2.05, 4.69) is 11.4 Å². The lowest BCUT2D eigenvalue weighted by molar-refractivity contribution is -0.145. The highest BCUT2D eigenvalue weighted by Crippen LogP contribution is 2.39. The molecule has 0 aliphatic heterocycles. The normalized spacial score (nSPS) is 14.6. The Morgan fingerprint density at radius 1 is 0.744 bits per heavy atom. The molecule has 0 aromatic heterocycles. The topological polar surface area (TPSA) is 170 Å². The number of rotatable bonds is 29. The van der Waals surface area contributed by atoms with Crippen molar-refractivity contribution >= 4 is 25.1 Å². The van der Waals surface area contributed by atoms with Crippen LogP contribution in [-0.4, -0.2) is 69.5 Å². The second-order valence-electron chi connectivity index (χ2n) is 10.3. The largest absolute Gasteiger partial charge is 0.403 e. The summed E-state index contributed by atoms with van der Waals surface area (Å²) < 4.78 is 16.6. The summed E-state index contributed by atoms with van der Waals surface area (Å²) in [7, 11) is -4.61. The van der Waals surface area contributed by atoms with E-state index < -0.39 is 44.7 Å². The maximum Gasteiger partial charge on any atom is 0.403 e. The molecule has 11 heteroatoms. The Balaban J connectivity index is 3.95. The molecule has 0 saturated carbocycles. The Morgan fingerprint density at radius 3 is 1.67 bits per heavy atom. The SMILES string of the molecule is CCCCCCCCCCCCCCCCCC(=O)CCCC(=O)C(=O)C(OP(=O)(O)NCCO)[C@@H](O)CO. The van der Waals surface area contributed by atoms with Crippen LogP contribution in [0.4, 0.5) is 0 Å². The maximum atomic E-state index is 12.4. The van der Waals surface area contributed by atoms with Gasteiger partial charge in [-0.3, -0.25) is 18.9 Å². The Labute approximate surface area is 234 Å². The van der Waals surface area contributed by atoms with Gasteiger partial charge in [-0.25, -0.2) is 9.65 Å². The monoisotopic (exact) mass is 579 g/mol. The molecular weight excluding hydrogens is 525 g/mol. The summed E-state index contributed by atoms with van der Waals surface area (Å²) in [4.78, 5) is 46.4. The van der Waals surface area contributed by atoms with Crippen LogP contribution < -0.4 is 5.09 Å². The molecule has 3 atom stereocenters. The van der Waals surface area contributed by atoms with E-state index in [-0.39, 0.29) is 31.6 Å². The molecule has 0 aromatic rings. The molecule has 0 rings (SSSR count). The van der Waals surface area contributed by atoms with Crippen LogP contribution in [0.15, 0.2) is 0 Å². The van der Waals surface area contributed by atoms with Gasteiger partial charge < -0.3 is 20.2 Å². The van der Waals surface area contributed by atoms with Crippen LogP contribution in [0.5, 0.6) is 0 Å². The summed E-state index contributed by atoms with van der Waals surface area (Å²) in [5, 5.41) is 29.6. The molecule has 2 unspecified atom stereocenters. The first kappa shape index (κ1) is 38.0. The van der Waals surface area contributed by atoms with Crippen LogP contribution in [0.3, 0.4) is 0 Å². The van der Waals surface area contributed by atoms with E-state index in [1.807, 2.05) is 5.09 Å². The van der Waals surface area contributed by atoms with Gasteiger partial charge in [0.25, 0.3) is 0 Å². The van der Waals surface area contributed by atoms with Crippen molar-refractivity contribution in [1.82, 2.24) is 5.09 Å². The molecule has 0 radical (unpaired) electrons. The van der Waals surface area contributed by atoms with Crippen LogP contribution in [-0.2, 0) is 23.5 Å². The summed E-state index contributed by atoms with van der Waals surface area (Å²) in [5.74, 6) is -2.21. The van der Waals surface area contributed by atoms with Gasteiger partial charge in [-0.2, -0.15) is 0 Å². The van der Waals surface area contributed by atoms with Crippen LogP contribution in [0, 0.1) is 0 Å². The van der Waals surface area contributed by atoms with Gasteiger partial charge in [-0.15, -0.1) is 0 Å². The lowest BCUT2D eigenvalue weighted by Gasteiger charge is -2.23. The highest BCUT2D eigenvalue weighted by Gasteiger charge is 2.37. The molecule has 39 heavy (non-hydrogen) atoms. The van der Waals surface area contributed by atoms with Crippen molar-refractivity contribution in [2.45, 2.75) is 141 Å². The highest BCUT2D eigenvalue weighted by molar-refractivity contribution is 7.50. The third-order valence-corrected chi connectivity index (χ3v) is 7.80. The number of hydrogen-bond donors (Lipinski definition) is 5. The first-order chi connectivity index (χ1) is 18.7. The lowest BCUT2D eigenvalue weighted by atomic mass is 10.00. The van der Waals surface area contributed by atoms with Crippen LogP contribution in [0.25, 0.3) is 0 Å². The number of unbranched alkanes of at least 4 members (excludes halogenated alkanes) is 14. The van der Waals surface area contributed by atoms with Crippen LogP contribution in [0.1, 0.15) is 129 Å². The van der Waals surface area contributed by atoms with Crippen molar-refractivity contribution in [3.05, 3.63) is 0 Å². The molecule has 230 valence electrons. The molecule has 0 aromatic carbocycles. The number of aliphatic hydroxyl groups excluding tert-OH is 3. The van der Waals surface area contributed by atoms with Gasteiger partial charge in [0.2, 0.25) is 11.6 Å². The van der Waals surface area contributed by atoms with Gasteiger partial charge in [-0.05, 0) is 12.8 Å². The number of ketones is 3. The third-order valence-electron chi connectivity index (χ3n) is 6.67. The second kappa shape index (κ2) is 24.8. The molecule has 0 aliphatic rings. The van der Waals surface area contributed by atoms with Gasteiger partial charge in [0.05, 0.1) is 13.2 Å². The van der Waals surface area contributed by atoms with Crippen molar-refractivity contribution in [1.29, 1.82) is 0 Å². The highest BCUT2D eigenvalue weighted by atomic mass is 31.2. The quantitative estimate of drug-likeness (QED) is 0.0481. The predicted molar refractivity (Wildman–Crippen MR) is 151 cm³/mol. The summed E-state index contributed by atoms with van der Waals surface area (Å²) in [5.41, 5.74) is 0.